The largest absolute Gasteiger partial charge is 0.379 e. The number of aryl methyl sites for hydroxylation is 1. The number of hydrogen-bond donors (Lipinski definition) is 1. The first kappa shape index (κ1) is 15.0. The average molecular weight is 332 g/mol. The maximum Gasteiger partial charge on any atom is 0.293 e. The molecule has 0 spiro atoms. The standard InChI is InChI=1S/C12H11Cl2N3O2S/c1-7-6-20-12(16-7)2-3-15-10-4-8(13)9(14)5-11(10)17(18)19/h4-6,15H,2-3H2,1H3. The third kappa shape index (κ3) is 3.59. The van der Waals surface area contributed by atoms with Crippen LogP contribution in [0.4, 0.5) is 11.4 Å². The molecule has 1 heterocycles. The Hall–Kier alpha value is -1.37. The van der Waals surface area contributed by atoms with E-state index in [-0.39, 0.29) is 15.7 Å². The Bertz CT molecular complexity index is 646. The quantitative estimate of drug-likeness (QED) is 0.654. The van der Waals surface area contributed by atoms with E-state index in [9.17, 15) is 10.1 Å². The Morgan fingerprint density at radius 1 is 1.40 bits per heavy atom. The van der Waals surface area contributed by atoms with Crippen LogP contribution in [0.2, 0.25) is 10.0 Å². The second-order valence-corrected chi connectivity index (χ2v) is 5.86. The number of hydrogen-bond acceptors (Lipinski definition) is 5. The van der Waals surface area contributed by atoms with Crippen molar-refractivity contribution >= 4 is 45.9 Å². The molecule has 0 atom stereocenters. The second-order valence-electron chi connectivity index (χ2n) is 4.10. The number of nitro benzene ring substituents is 1. The van der Waals surface area contributed by atoms with Gasteiger partial charge in [-0.05, 0) is 13.0 Å². The summed E-state index contributed by atoms with van der Waals surface area (Å²) in [5, 5.41) is 17.4. The number of anilines is 1. The molecule has 0 fully saturated rings. The van der Waals surface area contributed by atoms with Crippen LogP contribution in [0.3, 0.4) is 0 Å². The third-order valence-corrected chi connectivity index (χ3v) is 4.30. The van der Waals surface area contributed by atoms with E-state index in [4.69, 9.17) is 23.2 Å². The zero-order valence-corrected chi connectivity index (χ0v) is 12.8. The Morgan fingerprint density at radius 2 is 2.10 bits per heavy atom. The zero-order valence-electron chi connectivity index (χ0n) is 10.5. The Kier molecular flexibility index (Phi) is 4.80. The number of benzene rings is 1. The summed E-state index contributed by atoms with van der Waals surface area (Å²) in [6, 6.07) is 2.72. The Balaban J connectivity index is 2.08. The van der Waals surface area contributed by atoms with E-state index in [0.29, 0.717) is 18.7 Å². The average Bonchev–Trinajstić information content (AvgIpc) is 2.79. The summed E-state index contributed by atoms with van der Waals surface area (Å²) < 4.78 is 0. The highest BCUT2D eigenvalue weighted by Crippen LogP contribution is 2.33. The summed E-state index contributed by atoms with van der Waals surface area (Å²) >= 11 is 13.2. The molecule has 0 radical (unpaired) electrons. The van der Waals surface area contributed by atoms with Crippen molar-refractivity contribution in [2.24, 2.45) is 0 Å². The molecule has 0 saturated carbocycles. The molecule has 0 amide bonds. The lowest BCUT2D eigenvalue weighted by Crippen LogP contribution is -2.07. The van der Waals surface area contributed by atoms with Crippen LogP contribution in [0.25, 0.3) is 0 Å². The molecule has 1 N–H and O–H groups in total. The molecular weight excluding hydrogens is 321 g/mol. The number of nitro groups is 1. The Labute approximate surface area is 129 Å². The van der Waals surface area contributed by atoms with E-state index < -0.39 is 4.92 Å². The molecule has 1 aromatic heterocycles. The van der Waals surface area contributed by atoms with Gasteiger partial charge < -0.3 is 5.32 Å². The van der Waals surface area contributed by atoms with Gasteiger partial charge in [0.2, 0.25) is 0 Å². The van der Waals surface area contributed by atoms with Crippen molar-refractivity contribution in [1.82, 2.24) is 4.98 Å². The van der Waals surface area contributed by atoms with E-state index in [1.54, 1.807) is 11.3 Å². The molecule has 5 nitrogen and oxygen atoms in total. The molecule has 20 heavy (non-hydrogen) atoms. The van der Waals surface area contributed by atoms with Crippen LogP contribution in [0.5, 0.6) is 0 Å². The van der Waals surface area contributed by atoms with E-state index in [1.807, 2.05) is 12.3 Å². The van der Waals surface area contributed by atoms with Crippen LogP contribution in [0.1, 0.15) is 10.7 Å². The zero-order chi connectivity index (χ0) is 14.7. The number of nitrogens with zero attached hydrogens (tertiary/aromatic N) is 2. The minimum absolute atomic E-state index is 0.0882. The van der Waals surface area contributed by atoms with Gasteiger partial charge in [0.1, 0.15) is 5.69 Å². The second kappa shape index (κ2) is 6.39. The number of nitrogens with one attached hydrogen (secondary N) is 1. The maximum absolute atomic E-state index is 11.0. The smallest absolute Gasteiger partial charge is 0.293 e. The molecule has 0 aliphatic heterocycles. The monoisotopic (exact) mass is 331 g/mol. The van der Waals surface area contributed by atoms with Crippen molar-refractivity contribution in [2.75, 3.05) is 11.9 Å². The van der Waals surface area contributed by atoms with Gasteiger partial charge in [-0.1, -0.05) is 23.2 Å². The fourth-order valence-electron chi connectivity index (χ4n) is 1.65. The fraction of sp³-hybridized carbons (Fsp3) is 0.250. The molecule has 0 bridgehead atoms. The van der Waals surface area contributed by atoms with Gasteiger partial charge in [0, 0.05) is 30.1 Å². The van der Waals surface area contributed by atoms with Crippen molar-refractivity contribution in [3.63, 3.8) is 0 Å². The van der Waals surface area contributed by atoms with Crippen molar-refractivity contribution in [1.29, 1.82) is 0 Å². The minimum atomic E-state index is -0.488. The third-order valence-electron chi connectivity index (χ3n) is 2.56. The van der Waals surface area contributed by atoms with Gasteiger partial charge in [0.25, 0.3) is 5.69 Å². The van der Waals surface area contributed by atoms with Crippen LogP contribution in [-0.4, -0.2) is 16.5 Å². The molecule has 106 valence electrons. The van der Waals surface area contributed by atoms with Crippen LogP contribution in [-0.2, 0) is 6.42 Å². The van der Waals surface area contributed by atoms with E-state index >= 15 is 0 Å². The lowest BCUT2D eigenvalue weighted by molar-refractivity contribution is -0.383. The first-order valence-electron chi connectivity index (χ1n) is 5.75. The number of rotatable bonds is 5. The van der Waals surface area contributed by atoms with E-state index in [1.165, 1.54) is 12.1 Å². The van der Waals surface area contributed by atoms with Gasteiger partial charge in [-0.3, -0.25) is 10.1 Å². The van der Waals surface area contributed by atoms with Gasteiger partial charge in [-0.2, -0.15) is 0 Å². The van der Waals surface area contributed by atoms with E-state index in [0.717, 1.165) is 10.7 Å². The normalized spacial score (nSPS) is 10.6. The molecule has 0 unspecified atom stereocenters. The topological polar surface area (TPSA) is 68.1 Å². The lowest BCUT2D eigenvalue weighted by Gasteiger charge is -2.07. The molecular formula is C12H11Cl2N3O2S. The summed E-state index contributed by atoms with van der Waals surface area (Å²) in [5.41, 5.74) is 1.25. The maximum atomic E-state index is 11.0. The predicted molar refractivity (Wildman–Crippen MR) is 82.2 cm³/mol. The van der Waals surface area contributed by atoms with E-state index in [2.05, 4.69) is 10.3 Å². The highest BCUT2D eigenvalue weighted by atomic mass is 35.5. The molecule has 0 aliphatic rings. The summed E-state index contributed by atoms with van der Waals surface area (Å²) in [7, 11) is 0. The molecule has 8 heteroatoms. The van der Waals surface area contributed by atoms with Gasteiger partial charge in [0.05, 0.1) is 20.0 Å². The molecule has 2 aromatic rings. The molecule has 2 rings (SSSR count). The van der Waals surface area contributed by atoms with Crippen LogP contribution in [0, 0.1) is 17.0 Å². The van der Waals surface area contributed by atoms with Crippen LogP contribution in [0.15, 0.2) is 17.5 Å². The summed E-state index contributed by atoms with van der Waals surface area (Å²) in [6.07, 6.45) is 0.690. The lowest BCUT2D eigenvalue weighted by atomic mass is 10.2. The fourth-order valence-corrected chi connectivity index (χ4v) is 2.75. The number of aromatic nitrogens is 1. The highest BCUT2D eigenvalue weighted by Gasteiger charge is 2.16. The summed E-state index contributed by atoms with van der Waals surface area (Å²) in [6.45, 7) is 2.46. The van der Waals surface area contributed by atoms with Crippen molar-refractivity contribution in [3.05, 3.63) is 48.4 Å². The van der Waals surface area contributed by atoms with Gasteiger partial charge in [0.15, 0.2) is 0 Å². The van der Waals surface area contributed by atoms with Crippen molar-refractivity contribution in [3.8, 4) is 0 Å². The predicted octanol–water partition coefficient (Wildman–Crippen LogP) is 4.32. The van der Waals surface area contributed by atoms with Crippen LogP contribution >= 0.6 is 34.5 Å². The highest BCUT2D eigenvalue weighted by molar-refractivity contribution is 7.09. The van der Waals surface area contributed by atoms with Crippen LogP contribution < -0.4 is 5.32 Å². The van der Waals surface area contributed by atoms with Crippen molar-refractivity contribution < 1.29 is 4.92 Å². The van der Waals surface area contributed by atoms with Crippen molar-refractivity contribution in [2.45, 2.75) is 13.3 Å². The van der Waals surface area contributed by atoms with Gasteiger partial charge in [-0.25, -0.2) is 4.98 Å². The molecule has 1 aromatic carbocycles. The Morgan fingerprint density at radius 3 is 2.70 bits per heavy atom. The van der Waals surface area contributed by atoms with Gasteiger partial charge >= 0.3 is 0 Å². The summed E-state index contributed by atoms with van der Waals surface area (Å²) in [5.74, 6) is 0. The first-order valence-corrected chi connectivity index (χ1v) is 7.39. The molecule has 0 saturated heterocycles. The number of thiazole rings is 1. The van der Waals surface area contributed by atoms with Gasteiger partial charge in [-0.15, -0.1) is 11.3 Å². The minimum Gasteiger partial charge on any atom is -0.379 e. The first-order chi connectivity index (χ1) is 9.47. The number of halogens is 2. The molecule has 0 aliphatic carbocycles. The SMILES string of the molecule is Cc1csc(CCNc2cc(Cl)c(Cl)cc2[N+](=O)[O-])n1. The summed E-state index contributed by atoms with van der Waals surface area (Å²) in [4.78, 5) is 14.8.